The fourth-order valence-corrected chi connectivity index (χ4v) is 3.92. The van der Waals surface area contributed by atoms with Crippen LogP contribution in [-0.4, -0.2) is 53.5 Å². The molecule has 2 aromatic rings. The van der Waals surface area contributed by atoms with Gasteiger partial charge in [0.1, 0.15) is 18.7 Å². The lowest BCUT2D eigenvalue weighted by Crippen LogP contribution is -2.55. The van der Waals surface area contributed by atoms with Gasteiger partial charge in [-0.25, -0.2) is 9.59 Å². The Morgan fingerprint density at radius 3 is 2.06 bits per heavy atom. The molecule has 4 N–H and O–H groups in total. The zero-order valence-electron chi connectivity index (χ0n) is 18.1. The lowest BCUT2D eigenvalue weighted by Gasteiger charge is -2.25. The lowest BCUT2D eigenvalue weighted by atomic mass is 9.98. The van der Waals surface area contributed by atoms with Crippen LogP contribution in [0.2, 0.25) is 0 Å². The van der Waals surface area contributed by atoms with Crippen molar-refractivity contribution in [3.8, 4) is 11.1 Å². The summed E-state index contributed by atoms with van der Waals surface area (Å²) in [5, 5.41) is 23.0. The van der Waals surface area contributed by atoms with E-state index in [1.165, 1.54) is 0 Å². The number of carboxylic acids is 1. The Kier molecular flexibility index (Phi) is 7.48. The first-order valence-electron chi connectivity index (χ1n) is 10.6. The molecule has 0 aliphatic heterocycles. The van der Waals surface area contributed by atoms with Gasteiger partial charge >= 0.3 is 12.1 Å². The molecule has 3 atom stereocenters. The second kappa shape index (κ2) is 10.3. The molecule has 0 heterocycles. The Morgan fingerprint density at radius 1 is 1.00 bits per heavy atom. The number of hydrogen-bond donors (Lipinski definition) is 4. The monoisotopic (exact) mass is 440 g/mol. The highest BCUT2D eigenvalue weighted by Gasteiger charge is 2.32. The maximum atomic E-state index is 12.6. The van der Waals surface area contributed by atoms with Crippen molar-refractivity contribution in [2.24, 2.45) is 5.92 Å². The zero-order valence-corrected chi connectivity index (χ0v) is 18.1. The molecule has 0 fully saturated rings. The number of fused-ring (bicyclic) bond motifs is 3. The Labute approximate surface area is 186 Å². The van der Waals surface area contributed by atoms with Crippen molar-refractivity contribution in [3.63, 3.8) is 0 Å². The van der Waals surface area contributed by atoms with Gasteiger partial charge < -0.3 is 25.6 Å². The van der Waals surface area contributed by atoms with Crippen molar-refractivity contribution in [3.05, 3.63) is 59.7 Å². The smallest absolute Gasteiger partial charge is 0.407 e. The van der Waals surface area contributed by atoms with Crippen molar-refractivity contribution in [2.45, 2.75) is 38.3 Å². The van der Waals surface area contributed by atoms with Crippen molar-refractivity contribution in [1.82, 2.24) is 10.6 Å². The van der Waals surface area contributed by atoms with Crippen LogP contribution in [0, 0.1) is 5.92 Å². The fourth-order valence-electron chi connectivity index (χ4n) is 3.92. The largest absolute Gasteiger partial charge is 0.480 e. The maximum absolute atomic E-state index is 12.6. The summed E-state index contributed by atoms with van der Waals surface area (Å²) < 4.78 is 5.50. The third-order valence-electron chi connectivity index (χ3n) is 5.91. The Balaban J connectivity index is 1.68. The lowest BCUT2D eigenvalue weighted by molar-refractivity contribution is -0.143. The summed E-state index contributed by atoms with van der Waals surface area (Å²) in [4.78, 5) is 36.3. The van der Waals surface area contributed by atoms with Crippen LogP contribution in [0.15, 0.2) is 48.5 Å². The number of alkyl carbamates (subject to hydrolysis) is 1. The zero-order chi connectivity index (χ0) is 23.3. The number of aliphatic hydroxyl groups excluding tert-OH is 1. The number of ether oxygens (including phenoxy) is 1. The third kappa shape index (κ3) is 4.91. The second-order valence-corrected chi connectivity index (χ2v) is 7.92. The summed E-state index contributed by atoms with van der Waals surface area (Å²) in [7, 11) is 0. The van der Waals surface area contributed by atoms with Crippen LogP contribution < -0.4 is 10.6 Å². The Bertz CT molecular complexity index is 946. The fraction of sp³-hybridized carbons (Fsp3) is 0.375. The quantitative estimate of drug-likeness (QED) is 0.475. The summed E-state index contributed by atoms with van der Waals surface area (Å²) in [6, 6.07) is 13.5. The first kappa shape index (κ1) is 23.3. The highest BCUT2D eigenvalue weighted by atomic mass is 16.5. The molecule has 2 aromatic carbocycles. The molecule has 170 valence electrons. The summed E-state index contributed by atoms with van der Waals surface area (Å²) in [5.74, 6) is -2.43. The van der Waals surface area contributed by atoms with Crippen LogP contribution in [0.25, 0.3) is 11.1 Å². The van der Waals surface area contributed by atoms with Crippen molar-refractivity contribution < 1.29 is 29.3 Å². The van der Waals surface area contributed by atoms with Crippen LogP contribution in [0.1, 0.15) is 37.3 Å². The van der Waals surface area contributed by atoms with E-state index in [4.69, 9.17) is 14.9 Å². The normalized spacial score (nSPS) is 15.1. The number of carbonyl (C=O) groups is 3. The molecule has 1 aliphatic rings. The summed E-state index contributed by atoms with van der Waals surface area (Å²) in [6.07, 6.45) is -0.193. The van der Waals surface area contributed by atoms with E-state index in [2.05, 4.69) is 10.6 Å². The van der Waals surface area contributed by atoms with E-state index in [-0.39, 0.29) is 18.4 Å². The van der Waals surface area contributed by atoms with E-state index in [1.54, 1.807) is 6.92 Å². The van der Waals surface area contributed by atoms with Crippen LogP contribution >= 0.6 is 0 Å². The number of aliphatic hydroxyl groups is 1. The van der Waals surface area contributed by atoms with Gasteiger partial charge in [0.25, 0.3) is 0 Å². The molecular formula is C24H28N2O6. The maximum Gasteiger partial charge on any atom is 0.407 e. The molecular weight excluding hydrogens is 412 g/mol. The molecule has 0 aromatic heterocycles. The average Bonchev–Trinajstić information content (AvgIpc) is 3.12. The number of carbonyl (C=O) groups excluding carboxylic acids is 2. The number of aliphatic carboxylic acids is 1. The van der Waals surface area contributed by atoms with Gasteiger partial charge in [-0.05, 0) is 28.2 Å². The number of benzene rings is 2. The molecule has 8 nitrogen and oxygen atoms in total. The highest BCUT2D eigenvalue weighted by Crippen LogP contribution is 2.44. The van der Waals surface area contributed by atoms with E-state index in [1.807, 2.05) is 55.5 Å². The number of amides is 2. The van der Waals surface area contributed by atoms with E-state index in [9.17, 15) is 14.4 Å². The van der Waals surface area contributed by atoms with Crippen molar-refractivity contribution >= 4 is 18.0 Å². The molecule has 0 radical (unpaired) electrons. The highest BCUT2D eigenvalue weighted by molar-refractivity contribution is 5.89. The first-order chi connectivity index (χ1) is 15.4. The minimum Gasteiger partial charge on any atom is -0.480 e. The molecule has 0 saturated heterocycles. The predicted molar refractivity (Wildman–Crippen MR) is 118 cm³/mol. The molecule has 0 bridgehead atoms. The van der Waals surface area contributed by atoms with Gasteiger partial charge in [0, 0.05) is 5.92 Å². The average molecular weight is 440 g/mol. The van der Waals surface area contributed by atoms with E-state index < -0.39 is 36.7 Å². The van der Waals surface area contributed by atoms with E-state index in [0.29, 0.717) is 6.42 Å². The third-order valence-corrected chi connectivity index (χ3v) is 5.91. The first-order valence-corrected chi connectivity index (χ1v) is 10.6. The molecule has 0 saturated carbocycles. The standard InChI is InChI=1S/C24H28N2O6/c1-3-14(2)21(22(28)25-20(12-27)23(29)30)26-24(31)32-13-19-17-10-6-4-8-15(17)16-9-5-7-11-18(16)19/h4-11,14,19-21,27H,3,12-13H2,1-2H3,(H,25,28)(H,26,31)(H,29,30)/t14?,20-,21?/m0/s1. The predicted octanol–water partition coefficient (Wildman–Crippen LogP) is 2.50. The summed E-state index contributed by atoms with van der Waals surface area (Å²) in [6.45, 7) is 2.97. The Morgan fingerprint density at radius 2 is 1.56 bits per heavy atom. The molecule has 32 heavy (non-hydrogen) atoms. The number of carboxylic acid groups (broad SMARTS) is 1. The van der Waals surface area contributed by atoms with Crippen molar-refractivity contribution in [2.75, 3.05) is 13.2 Å². The SMILES string of the molecule is CCC(C)C(NC(=O)OCC1c2ccccc2-c2ccccc21)C(=O)N[C@@H](CO)C(=O)O. The number of nitrogens with one attached hydrogen (secondary N) is 2. The number of rotatable bonds is 9. The molecule has 8 heteroatoms. The van der Waals surface area contributed by atoms with Crippen LogP contribution in [0.3, 0.4) is 0 Å². The van der Waals surface area contributed by atoms with Crippen LogP contribution in [-0.2, 0) is 14.3 Å². The van der Waals surface area contributed by atoms with Gasteiger partial charge in [-0.1, -0.05) is 68.8 Å². The summed E-state index contributed by atoms with van der Waals surface area (Å²) in [5.41, 5.74) is 4.37. The topological polar surface area (TPSA) is 125 Å². The van der Waals surface area contributed by atoms with Gasteiger partial charge in [0.05, 0.1) is 6.61 Å². The molecule has 2 amide bonds. The van der Waals surface area contributed by atoms with Crippen LogP contribution in [0.5, 0.6) is 0 Å². The minimum absolute atomic E-state index is 0.100. The van der Waals surface area contributed by atoms with Gasteiger partial charge in [0.2, 0.25) is 5.91 Å². The van der Waals surface area contributed by atoms with Crippen molar-refractivity contribution in [1.29, 1.82) is 0 Å². The van der Waals surface area contributed by atoms with Gasteiger partial charge in [-0.3, -0.25) is 4.79 Å². The molecule has 3 rings (SSSR count). The molecule has 0 spiro atoms. The summed E-state index contributed by atoms with van der Waals surface area (Å²) >= 11 is 0. The molecule has 2 unspecified atom stereocenters. The van der Waals surface area contributed by atoms with Gasteiger partial charge in [0.15, 0.2) is 0 Å². The molecule has 1 aliphatic carbocycles. The minimum atomic E-state index is -1.45. The van der Waals surface area contributed by atoms with Crippen LogP contribution in [0.4, 0.5) is 4.79 Å². The second-order valence-electron chi connectivity index (χ2n) is 7.92. The van der Waals surface area contributed by atoms with E-state index in [0.717, 1.165) is 22.3 Å². The van der Waals surface area contributed by atoms with Gasteiger partial charge in [-0.15, -0.1) is 0 Å². The Hall–Kier alpha value is -3.39. The van der Waals surface area contributed by atoms with E-state index >= 15 is 0 Å². The van der Waals surface area contributed by atoms with Gasteiger partial charge in [-0.2, -0.15) is 0 Å². The number of hydrogen-bond acceptors (Lipinski definition) is 5.